The van der Waals surface area contributed by atoms with Gasteiger partial charge in [0.2, 0.25) is 0 Å². The molecule has 2 rings (SSSR count). The Labute approximate surface area is 126 Å². The number of benzene rings is 2. The Morgan fingerprint density at radius 2 is 1.75 bits per heavy atom. The van der Waals surface area contributed by atoms with Crippen LogP contribution >= 0.6 is 15.9 Å². The summed E-state index contributed by atoms with van der Waals surface area (Å²) in [4.78, 5) is 11.0. The molecule has 20 heavy (non-hydrogen) atoms. The standard InChI is InChI=1S/C16H15BrO3/c1-9-4-5-10(2)15(11(9)3)20-12-6-7-13(16(18)19)14(17)8-12/h4-8H,1-3H3,(H,18,19). The zero-order valence-electron chi connectivity index (χ0n) is 11.5. The van der Waals surface area contributed by atoms with Gasteiger partial charge in [-0.25, -0.2) is 4.79 Å². The fourth-order valence-corrected chi connectivity index (χ4v) is 2.46. The highest BCUT2D eigenvalue weighted by molar-refractivity contribution is 9.10. The SMILES string of the molecule is Cc1ccc(C)c(Oc2ccc(C(=O)O)c(Br)c2)c1C. The van der Waals surface area contributed by atoms with Crippen molar-refractivity contribution in [2.45, 2.75) is 20.8 Å². The second-order valence-corrected chi connectivity index (χ2v) is 5.56. The van der Waals surface area contributed by atoms with Crippen LogP contribution in [0, 0.1) is 20.8 Å². The van der Waals surface area contributed by atoms with Crippen LogP contribution in [0.4, 0.5) is 0 Å². The molecule has 0 aliphatic carbocycles. The lowest BCUT2D eigenvalue weighted by molar-refractivity contribution is 0.0696. The summed E-state index contributed by atoms with van der Waals surface area (Å²) in [6, 6.07) is 8.93. The van der Waals surface area contributed by atoms with E-state index < -0.39 is 5.97 Å². The molecular weight excluding hydrogens is 320 g/mol. The van der Waals surface area contributed by atoms with Crippen LogP contribution < -0.4 is 4.74 Å². The van der Waals surface area contributed by atoms with Crippen LogP contribution in [-0.2, 0) is 0 Å². The van der Waals surface area contributed by atoms with Gasteiger partial charge in [0.1, 0.15) is 11.5 Å². The second kappa shape index (κ2) is 5.67. The quantitative estimate of drug-likeness (QED) is 0.871. The van der Waals surface area contributed by atoms with Crippen molar-refractivity contribution in [3.05, 3.63) is 57.1 Å². The Hall–Kier alpha value is -1.81. The lowest BCUT2D eigenvalue weighted by atomic mass is 10.1. The molecule has 0 bridgehead atoms. The molecule has 0 saturated heterocycles. The van der Waals surface area contributed by atoms with Crippen molar-refractivity contribution in [2.24, 2.45) is 0 Å². The Kier molecular flexibility index (Phi) is 4.14. The van der Waals surface area contributed by atoms with E-state index in [2.05, 4.69) is 22.0 Å². The lowest BCUT2D eigenvalue weighted by Gasteiger charge is -2.14. The maximum Gasteiger partial charge on any atom is 0.336 e. The number of ether oxygens (including phenoxy) is 1. The average molecular weight is 335 g/mol. The average Bonchev–Trinajstić information content (AvgIpc) is 2.39. The van der Waals surface area contributed by atoms with E-state index in [1.165, 1.54) is 6.07 Å². The number of aryl methyl sites for hydroxylation is 2. The predicted octanol–water partition coefficient (Wildman–Crippen LogP) is 4.86. The van der Waals surface area contributed by atoms with Crippen molar-refractivity contribution in [2.75, 3.05) is 0 Å². The summed E-state index contributed by atoms with van der Waals surface area (Å²) in [5.41, 5.74) is 3.51. The van der Waals surface area contributed by atoms with Gasteiger partial charge in [0.25, 0.3) is 0 Å². The first-order valence-corrected chi connectivity index (χ1v) is 6.97. The second-order valence-electron chi connectivity index (χ2n) is 4.70. The largest absolute Gasteiger partial charge is 0.478 e. The minimum atomic E-state index is -0.966. The predicted molar refractivity (Wildman–Crippen MR) is 81.8 cm³/mol. The number of carbonyl (C=O) groups is 1. The van der Waals surface area contributed by atoms with E-state index in [1.807, 2.05) is 26.8 Å². The first kappa shape index (κ1) is 14.6. The van der Waals surface area contributed by atoms with Gasteiger partial charge >= 0.3 is 5.97 Å². The molecule has 0 unspecified atom stereocenters. The molecule has 2 aromatic rings. The molecule has 3 nitrogen and oxygen atoms in total. The van der Waals surface area contributed by atoms with E-state index in [0.29, 0.717) is 10.2 Å². The molecule has 0 atom stereocenters. The third kappa shape index (κ3) is 2.85. The summed E-state index contributed by atoms with van der Waals surface area (Å²) < 4.78 is 6.42. The van der Waals surface area contributed by atoms with Gasteiger partial charge in [-0.05, 0) is 71.6 Å². The summed E-state index contributed by atoms with van der Waals surface area (Å²) in [5.74, 6) is 0.463. The van der Waals surface area contributed by atoms with Crippen LogP contribution in [-0.4, -0.2) is 11.1 Å². The molecule has 0 heterocycles. The van der Waals surface area contributed by atoms with Gasteiger partial charge < -0.3 is 9.84 Å². The smallest absolute Gasteiger partial charge is 0.336 e. The summed E-state index contributed by atoms with van der Waals surface area (Å²) in [7, 11) is 0. The Morgan fingerprint density at radius 3 is 2.35 bits per heavy atom. The number of hydrogen-bond acceptors (Lipinski definition) is 2. The minimum Gasteiger partial charge on any atom is -0.478 e. The van der Waals surface area contributed by atoms with E-state index in [0.717, 1.165) is 22.4 Å². The molecule has 1 N–H and O–H groups in total. The van der Waals surface area contributed by atoms with Crippen LogP contribution in [0.25, 0.3) is 0 Å². The van der Waals surface area contributed by atoms with Crippen molar-refractivity contribution in [1.29, 1.82) is 0 Å². The molecule has 4 heteroatoms. The summed E-state index contributed by atoms with van der Waals surface area (Å²) in [5, 5.41) is 9.00. The number of hydrogen-bond donors (Lipinski definition) is 1. The highest BCUT2D eigenvalue weighted by Gasteiger charge is 2.11. The summed E-state index contributed by atoms with van der Waals surface area (Å²) in [6.45, 7) is 6.03. The molecule has 2 aromatic carbocycles. The molecule has 0 aliphatic rings. The van der Waals surface area contributed by atoms with Crippen LogP contribution in [0.2, 0.25) is 0 Å². The first-order chi connectivity index (χ1) is 9.40. The van der Waals surface area contributed by atoms with Gasteiger partial charge in [-0.15, -0.1) is 0 Å². The van der Waals surface area contributed by atoms with E-state index in [4.69, 9.17) is 9.84 Å². The molecule has 0 radical (unpaired) electrons. The van der Waals surface area contributed by atoms with Crippen molar-refractivity contribution < 1.29 is 14.6 Å². The molecule has 0 aromatic heterocycles. The molecule has 0 fully saturated rings. The van der Waals surface area contributed by atoms with Crippen molar-refractivity contribution in [3.8, 4) is 11.5 Å². The lowest BCUT2D eigenvalue weighted by Crippen LogP contribution is -1.98. The summed E-state index contributed by atoms with van der Waals surface area (Å²) in [6.07, 6.45) is 0. The number of rotatable bonds is 3. The topological polar surface area (TPSA) is 46.5 Å². The normalized spacial score (nSPS) is 10.4. The molecule has 0 aliphatic heterocycles. The van der Waals surface area contributed by atoms with Gasteiger partial charge in [-0.2, -0.15) is 0 Å². The van der Waals surface area contributed by atoms with Gasteiger partial charge in [0.05, 0.1) is 5.56 Å². The van der Waals surface area contributed by atoms with E-state index in [-0.39, 0.29) is 5.56 Å². The van der Waals surface area contributed by atoms with Crippen LogP contribution in [0.15, 0.2) is 34.8 Å². The third-order valence-corrected chi connectivity index (χ3v) is 3.92. The maximum atomic E-state index is 11.0. The maximum absolute atomic E-state index is 11.0. The molecular formula is C16H15BrO3. The first-order valence-electron chi connectivity index (χ1n) is 6.17. The van der Waals surface area contributed by atoms with Crippen LogP contribution in [0.1, 0.15) is 27.0 Å². The number of aromatic carboxylic acids is 1. The third-order valence-electron chi connectivity index (χ3n) is 3.26. The van der Waals surface area contributed by atoms with Crippen molar-refractivity contribution in [1.82, 2.24) is 0 Å². The zero-order chi connectivity index (χ0) is 14.9. The number of carboxylic acid groups (broad SMARTS) is 1. The fraction of sp³-hybridized carbons (Fsp3) is 0.188. The Balaban J connectivity index is 2.39. The Bertz CT molecular complexity index is 678. The molecule has 0 spiro atoms. The Morgan fingerprint density at radius 1 is 1.10 bits per heavy atom. The van der Waals surface area contributed by atoms with Gasteiger partial charge in [0, 0.05) is 4.47 Å². The van der Waals surface area contributed by atoms with Gasteiger partial charge in [-0.1, -0.05) is 12.1 Å². The minimum absolute atomic E-state index is 0.218. The molecule has 104 valence electrons. The van der Waals surface area contributed by atoms with Gasteiger partial charge in [0.15, 0.2) is 0 Å². The highest BCUT2D eigenvalue weighted by atomic mass is 79.9. The van der Waals surface area contributed by atoms with E-state index in [1.54, 1.807) is 12.1 Å². The monoisotopic (exact) mass is 334 g/mol. The van der Waals surface area contributed by atoms with Crippen molar-refractivity contribution in [3.63, 3.8) is 0 Å². The number of halogens is 1. The van der Waals surface area contributed by atoms with E-state index in [9.17, 15) is 4.79 Å². The van der Waals surface area contributed by atoms with Crippen LogP contribution in [0.5, 0.6) is 11.5 Å². The van der Waals surface area contributed by atoms with E-state index >= 15 is 0 Å². The molecule has 0 amide bonds. The number of carboxylic acids is 1. The van der Waals surface area contributed by atoms with Gasteiger partial charge in [-0.3, -0.25) is 0 Å². The van der Waals surface area contributed by atoms with Crippen molar-refractivity contribution >= 4 is 21.9 Å². The fourth-order valence-electron chi connectivity index (χ4n) is 1.93. The summed E-state index contributed by atoms with van der Waals surface area (Å²) >= 11 is 3.25. The zero-order valence-corrected chi connectivity index (χ0v) is 13.1. The highest BCUT2D eigenvalue weighted by Crippen LogP contribution is 2.32. The van der Waals surface area contributed by atoms with Crippen LogP contribution in [0.3, 0.4) is 0 Å². The molecule has 0 saturated carbocycles.